The van der Waals surface area contributed by atoms with Crippen molar-refractivity contribution in [3.63, 3.8) is 0 Å². The Morgan fingerprint density at radius 3 is 2.40 bits per heavy atom. The van der Waals surface area contributed by atoms with Crippen LogP contribution in [-0.4, -0.2) is 48.3 Å². The van der Waals surface area contributed by atoms with Gasteiger partial charge in [0.05, 0.1) is 5.69 Å². The first-order chi connectivity index (χ1) is 7.29. The zero-order valence-corrected chi connectivity index (χ0v) is 9.48. The van der Waals surface area contributed by atoms with Crippen molar-refractivity contribution in [3.05, 3.63) is 17.8 Å². The van der Waals surface area contributed by atoms with Crippen LogP contribution < -0.4 is 4.90 Å². The zero-order chi connectivity index (χ0) is 10.7. The Hall–Kier alpha value is -1.16. The van der Waals surface area contributed by atoms with Gasteiger partial charge in [0.2, 0.25) is 0 Å². The molecule has 1 aromatic heterocycles. The van der Waals surface area contributed by atoms with Gasteiger partial charge < -0.3 is 9.80 Å². The van der Waals surface area contributed by atoms with Crippen molar-refractivity contribution >= 4 is 5.82 Å². The smallest absolute Gasteiger partial charge is 0.151 e. The summed E-state index contributed by atoms with van der Waals surface area (Å²) in [5, 5.41) is 8.44. The van der Waals surface area contributed by atoms with Gasteiger partial charge in [0.1, 0.15) is 0 Å². The maximum absolute atomic E-state index is 4.26. The van der Waals surface area contributed by atoms with Crippen molar-refractivity contribution < 1.29 is 0 Å². The van der Waals surface area contributed by atoms with Crippen LogP contribution in [0.25, 0.3) is 0 Å². The van der Waals surface area contributed by atoms with Gasteiger partial charge in [-0.05, 0) is 25.6 Å². The Morgan fingerprint density at radius 1 is 1.13 bits per heavy atom. The predicted octanol–water partition coefficient (Wildman–Crippen LogP) is 0.791. The van der Waals surface area contributed by atoms with E-state index in [-0.39, 0.29) is 0 Å². The highest BCUT2D eigenvalue weighted by molar-refractivity contribution is 5.37. The minimum absolute atomic E-state index is 0.954. The average molecular weight is 206 g/mol. The summed E-state index contributed by atoms with van der Waals surface area (Å²) in [5.41, 5.74) is 1.06. The summed E-state index contributed by atoms with van der Waals surface area (Å²) < 4.78 is 0. The number of hydrogen-bond acceptors (Lipinski definition) is 4. The van der Waals surface area contributed by atoms with Crippen LogP contribution >= 0.6 is 0 Å². The number of aromatic nitrogens is 2. The lowest BCUT2D eigenvalue weighted by molar-refractivity contribution is 0.311. The molecule has 0 aromatic carbocycles. The van der Waals surface area contributed by atoms with Crippen molar-refractivity contribution in [2.24, 2.45) is 0 Å². The molecule has 0 bridgehead atoms. The minimum atomic E-state index is 0.954. The van der Waals surface area contributed by atoms with Gasteiger partial charge in [0, 0.05) is 26.2 Å². The molecule has 1 fully saturated rings. The number of hydrogen-bond donors (Lipinski definition) is 0. The SMILES string of the molecule is CCc1ccc(N2CCN(C)CC2)nn1. The summed E-state index contributed by atoms with van der Waals surface area (Å²) in [7, 11) is 2.16. The van der Waals surface area contributed by atoms with Gasteiger partial charge in [-0.3, -0.25) is 0 Å². The molecule has 15 heavy (non-hydrogen) atoms. The number of likely N-dealkylation sites (N-methyl/N-ethyl adjacent to an activating group) is 1. The van der Waals surface area contributed by atoms with E-state index >= 15 is 0 Å². The van der Waals surface area contributed by atoms with E-state index in [2.05, 4.69) is 46.1 Å². The van der Waals surface area contributed by atoms with Crippen LogP contribution in [0.15, 0.2) is 12.1 Å². The van der Waals surface area contributed by atoms with Crippen molar-refractivity contribution in [1.29, 1.82) is 0 Å². The monoisotopic (exact) mass is 206 g/mol. The third kappa shape index (κ3) is 2.45. The Balaban J connectivity index is 2.03. The molecule has 4 heteroatoms. The second-order valence-corrected chi connectivity index (χ2v) is 4.03. The highest BCUT2D eigenvalue weighted by atomic mass is 15.3. The van der Waals surface area contributed by atoms with Crippen LogP contribution in [0.1, 0.15) is 12.6 Å². The van der Waals surface area contributed by atoms with Crippen LogP contribution in [-0.2, 0) is 6.42 Å². The number of aryl methyl sites for hydroxylation is 1. The van der Waals surface area contributed by atoms with Crippen LogP contribution in [0.4, 0.5) is 5.82 Å². The van der Waals surface area contributed by atoms with E-state index in [9.17, 15) is 0 Å². The van der Waals surface area contributed by atoms with E-state index in [0.717, 1.165) is 44.1 Å². The first-order valence-corrected chi connectivity index (χ1v) is 5.55. The third-order valence-electron chi connectivity index (χ3n) is 2.90. The van der Waals surface area contributed by atoms with Crippen LogP contribution in [0.2, 0.25) is 0 Å². The van der Waals surface area contributed by atoms with E-state index in [1.807, 2.05) is 0 Å². The first-order valence-electron chi connectivity index (χ1n) is 5.55. The minimum Gasteiger partial charge on any atom is -0.353 e. The van der Waals surface area contributed by atoms with Gasteiger partial charge >= 0.3 is 0 Å². The summed E-state index contributed by atoms with van der Waals surface area (Å²) in [5.74, 6) is 1.01. The van der Waals surface area contributed by atoms with E-state index in [0.29, 0.717) is 0 Å². The van der Waals surface area contributed by atoms with E-state index in [4.69, 9.17) is 0 Å². The molecule has 0 saturated carbocycles. The molecule has 2 heterocycles. The quantitative estimate of drug-likeness (QED) is 0.716. The third-order valence-corrected chi connectivity index (χ3v) is 2.90. The Morgan fingerprint density at radius 2 is 1.87 bits per heavy atom. The van der Waals surface area contributed by atoms with E-state index < -0.39 is 0 Å². The fraction of sp³-hybridized carbons (Fsp3) is 0.636. The molecule has 1 aliphatic heterocycles. The van der Waals surface area contributed by atoms with Crippen molar-refractivity contribution in [2.75, 3.05) is 38.1 Å². The summed E-state index contributed by atoms with van der Waals surface area (Å²) in [6.45, 7) is 6.42. The van der Waals surface area contributed by atoms with Crippen LogP contribution in [0.3, 0.4) is 0 Å². The molecule has 0 unspecified atom stereocenters. The molecular formula is C11H18N4. The lowest BCUT2D eigenvalue weighted by Crippen LogP contribution is -2.44. The van der Waals surface area contributed by atoms with Gasteiger partial charge in [-0.25, -0.2) is 0 Å². The molecule has 1 aliphatic rings. The van der Waals surface area contributed by atoms with Gasteiger partial charge in [-0.15, -0.1) is 5.10 Å². The number of anilines is 1. The molecule has 0 spiro atoms. The standard InChI is InChI=1S/C11H18N4/c1-3-10-4-5-11(13-12-10)15-8-6-14(2)7-9-15/h4-5H,3,6-9H2,1-2H3. The number of piperazine rings is 1. The first kappa shape index (κ1) is 10.4. The summed E-state index contributed by atoms with van der Waals surface area (Å²) in [6, 6.07) is 4.15. The maximum Gasteiger partial charge on any atom is 0.151 e. The van der Waals surface area contributed by atoms with Crippen molar-refractivity contribution in [3.8, 4) is 0 Å². The summed E-state index contributed by atoms with van der Waals surface area (Å²) in [4.78, 5) is 4.64. The number of nitrogens with zero attached hydrogens (tertiary/aromatic N) is 4. The second kappa shape index (κ2) is 4.57. The molecule has 0 aliphatic carbocycles. The molecule has 82 valence electrons. The van der Waals surface area contributed by atoms with Gasteiger partial charge in [0.15, 0.2) is 5.82 Å². The van der Waals surface area contributed by atoms with Crippen LogP contribution in [0, 0.1) is 0 Å². The van der Waals surface area contributed by atoms with Gasteiger partial charge in [0.25, 0.3) is 0 Å². The fourth-order valence-electron chi connectivity index (χ4n) is 1.75. The van der Waals surface area contributed by atoms with E-state index in [1.54, 1.807) is 0 Å². The lowest BCUT2D eigenvalue weighted by Gasteiger charge is -2.32. The number of rotatable bonds is 2. The van der Waals surface area contributed by atoms with E-state index in [1.165, 1.54) is 0 Å². The fourth-order valence-corrected chi connectivity index (χ4v) is 1.75. The molecule has 0 N–H and O–H groups in total. The molecular weight excluding hydrogens is 188 g/mol. The molecule has 4 nitrogen and oxygen atoms in total. The summed E-state index contributed by atoms with van der Waals surface area (Å²) >= 11 is 0. The van der Waals surface area contributed by atoms with Crippen LogP contribution in [0.5, 0.6) is 0 Å². The van der Waals surface area contributed by atoms with Crippen molar-refractivity contribution in [2.45, 2.75) is 13.3 Å². The topological polar surface area (TPSA) is 32.3 Å². The summed E-state index contributed by atoms with van der Waals surface area (Å²) in [6.07, 6.45) is 0.954. The maximum atomic E-state index is 4.26. The van der Waals surface area contributed by atoms with Gasteiger partial charge in [-0.1, -0.05) is 6.92 Å². The second-order valence-electron chi connectivity index (χ2n) is 4.03. The molecule has 2 rings (SSSR count). The predicted molar refractivity (Wildman–Crippen MR) is 61.1 cm³/mol. The highest BCUT2D eigenvalue weighted by Crippen LogP contribution is 2.11. The largest absolute Gasteiger partial charge is 0.353 e. The molecule has 1 saturated heterocycles. The Bertz CT molecular complexity index is 301. The van der Waals surface area contributed by atoms with Gasteiger partial charge in [-0.2, -0.15) is 5.10 Å². The van der Waals surface area contributed by atoms with Crippen molar-refractivity contribution in [1.82, 2.24) is 15.1 Å². The molecule has 0 atom stereocenters. The Labute approximate surface area is 90.9 Å². The molecule has 0 amide bonds. The highest BCUT2D eigenvalue weighted by Gasteiger charge is 2.15. The Kier molecular flexibility index (Phi) is 3.16. The normalized spacial score (nSPS) is 18.1. The lowest BCUT2D eigenvalue weighted by atomic mass is 10.3. The zero-order valence-electron chi connectivity index (χ0n) is 9.48. The molecule has 1 aromatic rings. The molecule has 0 radical (unpaired) electrons. The average Bonchev–Trinajstić information content (AvgIpc) is 2.30.